The molecule has 3 heteroatoms. The van der Waals surface area contributed by atoms with Crippen molar-refractivity contribution >= 4 is 5.97 Å². The predicted octanol–water partition coefficient (Wildman–Crippen LogP) is 7.93. The Morgan fingerprint density at radius 1 is 0.741 bits per heavy atom. The molecule has 160 valence electrons. The molecule has 0 saturated heterocycles. The lowest BCUT2D eigenvalue weighted by Crippen LogP contribution is -2.17. The standard InChI is InChI=1S/C24H46O3/c1-4-7-9-10-11-12-13-14-15-16-17-18-19-20-21-23(6-3)24(25)27-26-22-8-5-2/h14-15,23H,4-13,16-22H2,1-3H3/b15-14-. The summed E-state index contributed by atoms with van der Waals surface area (Å²) in [5.74, 6) is -0.199. The Kier molecular flexibility index (Phi) is 20.8. The molecule has 0 rings (SSSR count). The van der Waals surface area contributed by atoms with Crippen molar-refractivity contribution < 1.29 is 14.6 Å². The average Bonchev–Trinajstić information content (AvgIpc) is 2.68. The van der Waals surface area contributed by atoms with Gasteiger partial charge >= 0.3 is 5.97 Å². The van der Waals surface area contributed by atoms with E-state index < -0.39 is 0 Å². The first kappa shape index (κ1) is 26.2. The minimum absolute atomic E-state index is 0.0103. The van der Waals surface area contributed by atoms with Crippen LogP contribution in [-0.4, -0.2) is 12.6 Å². The third-order valence-corrected chi connectivity index (χ3v) is 5.11. The fourth-order valence-corrected chi connectivity index (χ4v) is 3.14. The van der Waals surface area contributed by atoms with Crippen molar-refractivity contribution in [2.75, 3.05) is 6.61 Å². The smallest absolute Gasteiger partial charge is 0.298 e. The van der Waals surface area contributed by atoms with Gasteiger partial charge in [-0.05, 0) is 44.9 Å². The van der Waals surface area contributed by atoms with Crippen LogP contribution in [0.5, 0.6) is 0 Å². The summed E-state index contributed by atoms with van der Waals surface area (Å²) in [5.41, 5.74) is 0. The zero-order chi connectivity index (χ0) is 20.0. The van der Waals surface area contributed by atoms with Gasteiger partial charge < -0.3 is 0 Å². The summed E-state index contributed by atoms with van der Waals surface area (Å²) >= 11 is 0. The van der Waals surface area contributed by atoms with Crippen molar-refractivity contribution in [3.63, 3.8) is 0 Å². The molecular formula is C24H46O3. The van der Waals surface area contributed by atoms with Crippen molar-refractivity contribution in [3.05, 3.63) is 12.2 Å². The van der Waals surface area contributed by atoms with Crippen LogP contribution in [0.2, 0.25) is 0 Å². The summed E-state index contributed by atoms with van der Waals surface area (Å²) in [5, 5.41) is 0. The molecule has 0 radical (unpaired) electrons. The lowest BCUT2D eigenvalue weighted by Gasteiger charge is -2.12. The molecule has 0 heterocycles. The highest BCUT2D eigenvalue weighted by molar-refractivity contribution is 5.71. The first-order chi connectivity index (χ1) is 13.3. The van der Waals surface area contributed by atoms with Gasteiger partial charge in [-0.15, -0.1) is 0 Å². The second-order valence-corrected chi connectivity index (χ2v) is 7.70. The zero-order valence-electron chi connectivity index (χ0n) is 18.5. The Hall–Kier alpha value is -0.830. The van der Waals surface area contributed by atoms with Gasteiger partial charge in [-0.25, -0.2) is 4.79 Å². The van der Waals surface area contributed by atoms with E-state index in [4.69, 9.17) is 9.78 Å². The zero-order valence-corrected chi connectivity index (χ0v) is 18.5. The Labute approximate surface area is 169 Å². The normalized spacial score (nSPS) is 12.6. The molecule has 3 nitrogen and oxygen atoms in total. The Morgan fingerprint density at radius 2 is 1.30 bits per heavy atom. The van der Waals surface area contributed by atoms with Crippen LogP contribution in [0.3, 0.4) is 0 Å². The number of hydrogen-bond donors (Lipinski definition) is 0. The van der Waals surface area contributed by atoms with E-state index in [1.54, 1.807) is 0 Å². The van der Waals surface area contributed by atoms with Crippen LogP contribution in [0, 0.1) is 5.92 Å². The molecule has 0 saturated carbocycles. The van der Waals surface area contributed by atoms with Gasteiger partial charge in [0.05, 0.1) is 12.5 Å². The maximum absolute atomic E-state index is 11.9. The second kappa shape index (κ2) is 21.5. The largest absolute Gasteiger partial charge is 0.345 e. The maximum atomic E-state index is 11.9. The Balaban J connectivity index is 3.47. The van der Waals surface area contributed by atoms with Gasteiger partial charge in [0.15, 0.2) is 0 Å². The molecule has 0 fully saturated rings. The summed E-state index contributed by atoms with van der Waals surface area (Å²) in [6.45, 7) is 6.91. The summed E-state index contributed by atoms with van der Waals surface area (Å²) < 4.78 is 0. The highest BCUT2D eigenvalue weighted by atomic mass is 17.2. The predicted molar refractivity (Wildman–Crippen MR) is 116 cm³/mol. The van der Waals surface area contributed by atoms with E-state index >= 15 is 0 Å². The van der Waals surface area contributed by atoms with Crippen LogP contribution in [0.1, 0.15) is 124 Å². The highest BCUT2D eigenvalue weighted by Gasteiger charge is 2.18. The number of hydrogen-bond acceptors (Lipinski definition) is 3. The molecule has 1 unspecified atom stereocenters. The van der Waals surface area contributed by atoms with Crippen LogP contribution in [0.15, 0.2) is 12.2 Å². The molecule has 0 aliphatic carbocycles. The molecule has 0 aromatic rings. The number of allylic oxidation sites excluding steroid dienone is 2. The highest BCUT2D eigenvalue weighted by Crippen LogP contribution is 2.17. The SMILES string of the molecule is CCCCCCCC/C=C\CCCCCCC(CC)C(=O)OOCCCC. The van der Waals surface area contributed by atoms with E-state index in [1.807, 2.05) is 6.92 Å². The van der Waals surface area contributed by atoms with Crippen molar-refractivity contribution in [1.29, 1.82) is 0 Å². The van der Waals surface area contributed by atoms with E-state index in [1.165, 1.54) is 70.6 Å². The fraction of sp³-hybridized carbons (Fsp3) is 0.875. The number of rotatable bonds is 20. The molecule has 0 aliphatic rings. The molecule has 0 aromatic heterocycles. The molecule has 27 heavy (non-hydrogen) atoms. The summed E-state index contributed by atoms with van der Waals surface area (Å²) in [6.07, 6.45) is 23.9. The molecule has 1 atom stereocenters. The van der Waals surface area contributed by atoms with E-state index in [-0.39, 0.29) is 11.9 Å². The van der Waals surface area contributed by atoms with Gasteiger partial charge in [0.1, 0.15) is 0 Å². The van der Waals surface area contributed by atoms with Gasteiger partial charge in [0.2, 0.25) is 0 Å². The number of carbonyl (C=O) groups is 1. The summed E-state index contributed by atoms with van der Waals surface area (Å²) in [4.78, 5) is 21.9. The maximum Gasteiger partial charge on any atom is 0.345 e. The Morgan fingerprint density at radius 3 is 1.89 bits per heavy atom. The van der Waals surface area contributed by atoms with E-state index in [9.17, 15) is 4.79 Å². The van der Waals surface area contributed by atoms with E-state index in [0.29, 0.717) is 6.61 Å². The second-order valence-electron chi connectivity index (χ2n) is 7.70. The van der Waals surface area contributed by atoms with Crippen LogP contribution in [0.25, 0.3) is 0 Å². The van der Waals surface area contributed by atoms with Gasteiger partial charge in [-0.2, -0.15) is 4.89 Å². The van der Waals surface area contributed by atoms with E-state index in [0.717, 1.165) is 32.1 Å². The van der Waals surface area contributed by atoms with Crippen LogP contribution in [0.4, 0.5) is 0 Å². The topological polar surface area (TPSA) is 35.5 Å². The molecule has 0 bridgehead atoms. The minimum atomic E-state index is -0.189. The van der Waals surface area contributed by atoms with Crippen molar-refractivity contribution in [2.24, 2.45) is 5.92 Å². The van der Waals surface area contributed by atoms with Crippen LogP contribution in [-0.2, 0) is 14.6 Å². The lowest BCUT2D eigenvalue weighted by atomic mass is 9.98. The van der Waals surface area contributed by atoms with E-state index in [2.05, 4.69) is 26.0 Å². The van der Waals surface area contributed by atoms with Gasteiger partial charge in [-0.1, -0.05) is 90.7 Å². The first-order valence-electron chi connectivity index (χ1n) is 11.7. The first-order valence-corrected chi connectivity index (χ1v) is 11.7. The summed E-state index contributed by atoms with van der Waals surface area (Å²) in [7, 11) is 0. The van der Waals surface area contributed by atoms with Crippen LogP contribution >= 0.6 is 0 Å². The minimum Gasteiger partial charge on any atom is -0.298 e. The van der Waals surface area contributed by atoms with Crippen LogP contribution < -0.4 is 0 Å². The monoisotopic (exact) mass is 382 g/mol. The molecule has 0 spiro atoms. The molecule has 0 aliphatic heterocycles. The summed E-state index contributed by atoms with van der Waals surface area (Å²) in [6, 6.07) is 0. The van der Waals surface area contributed by atoms with Gasteiger partial charge in [-0.3, -0.25) is 4.89 Å². The van der Waals surface area contributed by atoms with Crippen molar-refractivity contribution in [2.45, 2.75) is 124 Å². The molecule has 0 aromatic carbocycles. The third kappa shape index (κ3) is 18.3. The van der Waals surface area contributed by atoms with Crippen molar-refractivity contribution in [1.82, 2.24) is 0 Å². The number of unbranched alkanes of at least 4 members (excludes halogenated alkanes) is 11. The lowest BCUT2D eigenvalue weighted by molar-refractivity contribution is -0.276. The average molecular weight is 383 g/mol. The fourth-order valence-electron chi connectivity index (χ4n) is 3.14. The third-order valence-electron chi connectivity index (χ3n) is 5.11. The Bertz CT molecular complexity index is 339. The van der Waals surface area contributed by atoms with Crippen molar-refractivity contribution in [3.8, 4) is 0 Å². The molecular weight excluding hydrogens is 336 g/mol. The number of carbonyl (C=O) groups excluding carboxylic acids is 1. The molecule has 0 amide bonds. The quantitative estimate of drug-likeness (QED) is 0.0927. The van der Waals surface area contributed by atoms with Gasteiger partial charge in [0.25, 0.3) is 0 Å². The van der Waals surface area contributed by atoms with Gasteiger partial charge in [0, 0.05) is 0 Å². The molecule has 0 N–H and O–H groups in total.